The lowest BCUT2D eigenvalue weighted by molar-refractivity contribution is -0.150. The lowest BCUT2D eigenvalue weighted by Crippen LogP contribution is -2.34. The van der Waals surface area contributed by atoms with Gasteiger partial charge in [0.25, 0.3) is 0 Å². The maximum atomic E-state index is 13.0. The van der Waals surface area contributed by atoms with Crippen LogP contribution in [-0.4, -0.2) is 30.4 Å². The molecule has 206 valence electrons. The summed E-state index contributed by atoms with van der Waals surface area (Å²) in [6.45, 7) is 6.07. The topological polar surface area (TPSA) is 81.9 Å². The van der Waals surface area contributed by atoms with Gasteiger partial charge in [0, 0.05) is 5.56 Å². The average molecular weight is 539 g/mol. The lowest BCUT2D eigenvalue weighted by atomic mass is 9.78. The summed E-state index contributed by atoms with van der Waals surface area (Å²) < 4.78 is 16.6. The third-order valence-electron chi connectivity index (χ3n) is 7.56. The van der Waals surface area contributed by atoms with Gasteiger partial charge >= 0.3 is 12.1 Å². The van der Waals surface area contributed by atoms with Gasteiger partial charge in [-0.25, -0.2) is 9.69 Å². The van der Waals surface area contributed by atoms with Crippen LogP contribution < -0.4 is 4.90 Å². The first-order chi connectivity index (χ1) is 19.5. The SMILES string of the molecule is CCOC(=O)N(c1ccccc1)c1c(C)noc1-c1ccc(-c2ccc(C3(C(=O)OCC)CCCC3)cc2)cc1. The van der Waals surface area contributed by atoms with Crippen molar-refractivity contribution in [3.05, 3.63) is 90.1 Å². The van der Waals surface area contributed by atoms with Crippen LogP contribution in [0.15, 0.2) is 83.4 Å². The maximum absolute atomic E-state index is 13.0. The number of carbonyl (C=O) groups is 2. The van der Waals surface area contributed by atoms with Gasteiger partial charge in [0.15, 0.2) is 5.76 Å². The van der Waals surface area contributed by atoms with Crippen molar-refractivity contribution in [3.63, 3.8) is 0 Å². The monoisotopic (exact) mass is 538 g/mol. The van der Waals surface area contributed by atoms with E-state index in [0.29, 0.717) is 29.4 Å². The fourth-order valence-corrected chi connectivity index (χ4v) is 5.56. The first-order valence-electron chi connectivity index (χ1n) is 13.8. The second-order valence-corrected chi connectivity index (χ2v) is 9.98. The molecule has 1 fully saturated rings. The molecule has 0 bridgehead atoms. The number of nitrogens with zero attached hydrogens (tertiary/aromatic N) is 2. The molecule has 0 radical (unpaired) electrons. The van der Waals surface area contributed by atoms with Crippen LogP contribution in [0.4, 0.5) is 16.2 Å². The zero-order chi connectivity index (χ0) is 28.1. The van der Waals surface area contributed by atoms with Crippen molar-refractivity contribution in [2.45, 2.75) is 51.9 Å². The summed E-state index contributed by atoms with van der Waals surface area (Å²) in [5, 5.41) is 4.18. The van der Waals surface area contributed by atoms with Crippen LogP contribution in [0.5, 0.6) is 0 Å². The van der Waals surface area contributed by atoms with Gasteiger partial charge in [-0.15, -0.1) is 0 Å². The van der Waals surface area contributed by atoms with E-state index in [2.05, 4.69) is 29.4 Å². The normalized spacial score (nSPS) is 14.1. The molecule has 0 saturated heterocycles. The lowest BCUT2D eigenvalue weighted by Gasteiger charge is -2.27. The largest absolute Gasteiger partial charge is 0.465 e. The summed E-state index contributed by atoms with van der Waals surface area (Å²) in [6.07, 6.45) is 3.21. The number of benzene rings is 3. The Labute approximate surface area is 234 Å². The van der Waals surface area contributed by atoms with Gasteiger partial charge in [-0.1, -0.05) is 84.7 Å². The van der Waals surface area contributed by atoms with E-state index in [-0.39, 0.29) is 12.6 Å². The summed E-state index contributed by atoms with van der Waals surface area (Å²) in [5.74, 6) is 0.365. The minimum Gasteiger partial charge on any atom is -0.465 e. The Morgan fingerprint density at radius 1 is 0.825 bits per heavy atom. The van der Waals surface area contributed by atoms with E-state index >= 15 is 0 Å². The van der Waals surface area contributed by atoms with Crippen LogP contribution in [0.1, 0.15) is 50.8 Å². The van der Waals surface area contributed by atoms with Gasteiger partial charge in [-0.05, 0) is 62.4 Å². The van der Waals surface area contributed by atoms with Crippen LogP contribution in [0, 0.1) is 6.92 Å². The molecule has 0 N–H and O–H groups in total. The Morgan fingerprint density at radius 3 is 2.00 bits per heavy atom. The molecule has 0 aliphatic heterocycles. The molecule has 5 rings (SSSR count). The molecule has 0 spiro atoms. The first-order valence-corrected chi connectivity index (χ1v) is 13.8. The van der Waals surface area contributed by atoms with Gasteiger partial charge in [0.05, 0.1) is 24.3 Å². The molecule has 1 aromatic heterocycles. The predicted octanol–water partition coefficient (Wildman–Crippen LogP) is 7.99. The van der Waals surface area contributed by atoms with Crippen molar-refractivity contribution in [2.24, 2.45) is 0 Å². The highest BCUT2D eigenvalue weighted by atomic mass is 16.6. The number of anilines is 2. The summed E-state index contributed by atoms with van der Waals surface area (Å²) >= 11 is 0. The average Bonchev–Trinajstić information content (AvgIpc) is 3.63. The molecule has 1 amide bonds. The van der Waals surface area contributed by atoms with Crippen molar-refractivity contribution < 1.29 is 23.6 Å². The standard InChI is InChI=1S/C33H34N2O5/c1-4-38-31(36)33(21-9-10-22-33)27-19-17-25(18-20-27)24-13-15-26(16-14-24)30-29(23(3)34-40-30)35(32(37)39-5-2)28-11-7-6-8-12-28/h6-8,11-20H,4-5,9-10,21-22H2,1-3H3. The molecule has 1 saturated carbocycles. The maximum Gasteiger partial charge on any atom is 0.419 e. The number of ether oxygens (including phenoxy) is 2. The minimum absolute atomic E-state index is 0.116. The molecule has 7 nitrogen and oxygen atoms in total. The van der Waals surface area contributed by atoms with Crippen molar-refractivity contribution in [2.75, 3.05) is 18.1 Å². The second-order valence-electron chi connectivity index (χ2n) is 9.98. The van der Waals surface area contributed by atoms with E-state index in [1.54, 1.807) is 13.8 Å². The van der Waals surface area contributed by atoms with E-state index in [1.807, 2.05) is 61.5 Å². The zero-order valence-electron chi connectivity index (χ0n) is 23.2. The molecule has 7 heteroatoms. The number of rotatable bonds is 8. The van der Waals surface area contributed by atoms with Gasteiger partial charge in [0.1, 0.15) is 11.4 Å². The Bertz CT molecular complexity index is 1450. The molecule has 1 aliphatic carbocycles. The number of amides is 1. The van der Waals surface area contributed by atoms with E-state index in [4.69, 9.17) is 14.0 Å². The number of aryl methyl sites for hydroxylation is 1. The van der Waals surface area contributed by atoms with Crippen LogP contribution in [-0.2, 0) is 19.7 Å². The van der Waals surface area contributed by atoms with Gasteiger partial charge in [0.2, 0.25) is 0 Å². The fraction of sp³-hybridized carbons (Fsp3) is 0.303. The highest BCUT2D eigenvalue weighted by molar-refractivity contribution is 6.00. The quantitative estimate of drug-likeness (QED) is 0.212. The summed E-state index contributed by atoms with van der Waals surface area (Å²) in [7, 11) is 0. The third-order valence-corrected chi connectivity index (χ3v) is 7.56. The van der Waals surface area contributed by atoms with Crippen molar-refractivity contribution in [3.8, 4) is 22.5 Å². The highest BCUT2D eigenvalue weighted by Crippen LogP contribution is 2.43. The number of hydrogen-bond acceptors (Lipinski definition) is 6. The Morgan fingerprint density at radius 2 is 1.40 bits per heavy atom. The molecular weight excluding hydrogens is 504 g/mol. The van der Waals surface area contributed by atoms with Gasteiger partial charge in [-0.2, -0.15) is 0 Å². The summed E-state index contributed by atoms with van der Waals surface area (Å²) in [4.78, 5) is 27.4. The molecule has 0 atom stereocenters. The van der Waals surface area contributed by atoms with Crippen LogP contribution in [0.2, 0.25) is 0 Å². The summed E-state index contributed by atoms with van der Waals surface area (Å²) in [6, 6.07) is 25.5. The Balaban J connectivity index is 1.44. The molecule has 1 aliphatic rings. The number of aromatic nitrogens is 1. The number of esters is 1. The Kier molecular flexibility index (Phi) is 8.01. The zero-order valence-corrected chi connectivity index (χ0v) is 23.2. The van der Waals surface area contributed by atoms with Gasteiger partial charge < -0.3 is 14.0 Å². The second kappa shape index (κ2) is 11.8. The predicted molar refractivity (Wildman–Crippen MR) is 154 cm³/mol. The first kappa shape index (κ1) is 27.2. The number of hydrogen-bond donors (Lipinski definition) is 0. The van der Waals surface area contributed by atoms with E-state index in [9.17, 15) is 9.59 Å². The van der Waals surface area contributed by atoms with E-state index in [0.717, 1.165) is 47.9 Å². The molecule has 4 aromatic rings. The van der Waals surface area contributed by atoms with Gasteiger partial charge in [-0.3, -0.25) is 4.79 Å². The van der Waals surface area contributed by atoms with Crippen molar-refractivity contribution in [1.29, 1.82) is 0 Å². The van der Waals surface area contributed by atoms with Crippen molar-refractivity contribution in [1.82, 2.24) is 5.16 Å². The molecule has 40 heavy (non-hydrogen) atoms. The van der Waals surface area contributed by atoms with Crippen LogP contribution in [0.3, 0.4) is 0 Å². The third kappa shape index (κ3) is 5.11. The number of carbonyl (C=O) groups excluding carboxylic acids is 2. The fourth-order valence-electron chi connectivity index (χ4n) is 5.56. The van der Waals surface area contributed by atoms with Crippen LogP contribution in [0.25, 0.3) is 22.5 Å². The van der Waals surface area contributed by atoms with E-state index < -0.39 is 11.5 Å². The van der Waals surface area contributed by atoms with Crippen LogP contribution >= 0.6 is 0 Å². The van der Waals surface area contributed by atoms with E-state index in [1.165, 1.54) is 4.90 Å². The molecule has 1 heterocycles. The minimum atomic E-state index is -0.539. The molecule has 3 aromatic carbocycles. The smallest absolute Gasteiger partial charge is 0.419 e. The molecular formula is C33H34N2O5. The number of para-hydroxylation sites is 1. The molecule has 0 unspecified atom stereocenters. The highest BCUT2D eigenvalue weighted by Gasteiger charge is 2.44. The summed E-state index contributed by atoms with van der Waals surface area (Å²) in [5.41, 5.74) is 5.11. The van der Waals surface area contributed by atoms with Crippen molar-refractivity contribution >= 4 is 23.4 Å². The Hall–Kier alpha value is -4.39.